The first-order valence-corrected chi connectivity index (χ1v) is 6.45. The molecule has 0 unspecified atom stereocenters. The van der Waals surface area contributed by atoms with Crippen LogP contribution in [0.2, 0.25) is 0 Å². The molecule has 0 aromatic carbocycles. The van der Waals surface area contributed by atoms with E-state index in [1.807, 2.05) is 0 Å². The molecule has 6 heteroatoms. The molecule has 2 atom stereocenters. The van der Waals surface area contributed by atoms with Crippen molar-refractivity contribution in [3.05, 3.63) is 23.9 Å². The van der Waals surface area contributed by atoms with E-state index in [4.69, 9.17) is 0 Å². The summed E-state index contributed by atoms with van der Waals surface area (Å²) < 4.78 is 37.6. The Balaban J connectivity index is 1.89. The number of alkyl halides is 3. The van der Waals surface area contributed by atoms with Crippen LogP contribution in [0.3, 0.4) is 0 Å². The summed E-state index contributed by atoms with van der Waals surface area (Å²) in [5, 5.41) is 6.34. The summed E-state index contributed by atoms with van der Waals surface area (Å²) in [6.07, 6.45) is -0.956. The lowest BCUT2D eigenvalue weighted by atomic mass is 9.96. The number of hydrogen-bond donors (Lipinski definition) is 2. The van der Waals surface area contributed by atoms with Crippen LogP contribution in [0.1, 0.15) is 25.3 Å². The third-order valence-corrected chi connectivity index (χ3v) is 3.38. The maximum Gasteiger partial charge on any atom is 0.416 e. The lowest BCUT2D eigenvalue weighted by Gasteiger charge is -2.28. The van der Waals surface area contributed by atoms with E-state index in [-0.39, 0.29) is 5.82 Å². The number of nitrogens with one attached hydrogen (secondary N) is 2. The Labute approximate surface area is 110 Å². The van der Waals surface area contributed by atoms with Crippen molar-refractivity contribution in [2.45, 2.75) is 32.0 Å². The second-order valence-electron chi connectivity index (χ2n) is 5.10. The van der Waals surface area contributed by atoms with Gasteiger partial charge in [0, 0.05) is 18.8 Å². The SMILES string of the molecule is C[C@H]1CC[C@@H](CNc2cc(C(F)(F)F)ccn2)NC1. The fourth-order valence-corrected chi connectivity index (χ4v) is 2.16. The van der Waals surface area contributed by atoms with E-state index in [2.05, 4.69) is 22.5 Å². The molecule has 0 aliphatic carbocycles. The molecule has 0 radical (unpaired) electrons. The molecule has 1 aliphatic heterocycles. The van der Waals surface area contributed by atoms with Gasteiger partial charge in [-0.25, -0.2) is 4.98 Å². The Morgan fingerprint density at radius 3 is 2.84 bits per heavy atom. The minimum Gasteiger partial charge on any atom is -0.368 e. The highest BCUT2D eigenvalue weighted by atomic mass is 19.4. The first-order chi connectivity index (χ1) is 8.95. The van der Waals surface area contributed by atoms with Crippen molar-refractivity contribution >= 4 is 5.82 Å². The van der Waals surface area contributed by atoms with Gasteiger partial charge < -0.3 is 10.6 Å². The van der Waals surface area contributed by atoms with E-state index in [1.54, 1.807) is 0 Å². The fourth-order valence-electron chi connectivity index (χ4n) is 2.16. The highest BCUT2D eigenvalue weighted by Crippen LogP contribution is 2.29. The van der Waals surface area contributed by atoms with E-state index in [0.717, 1.165) is 31.5 Å². The minimum atomic E-state index is -4.32. The number of hydrogen-bond acceptors (Lipinski definition) is 3. The van der Waals surface area contributed by atoms with Gasteiger partial charge in [0.1, 0.15) is 5.82 Å². The largest absolute Gasteiger partial charge is 0.416 e. The molecule has 0 spiro atoms. The number of anilines is 1. The number of nitrogens with zero attached hydrogens (tertiary/aromatic N) is 1. The predicted octanol–water partition coefficient (Wildman–Crippen LogP) is 2.90. The predicted molar refractivity (Wildman–Crippen MR) is 67.9 cm³/mol. The highest BCUT2D eigenvalue weighted by Gasteiger charge is 2.30. The second-order valence-corrected chi connectivity index (χ2v) is 5.10. The standard InChI is InChI=1S/C13H18F3N3/c1-9-2-3-11(18-7-9)8-19-12-6-10(4-5-17-12)13(14,15)16/h4-6,9,11,18H,2-3,7-8H2,1H3,(H,17,19)/t9-,11-/m0/s1. The van der Waals surface area contributed by atoms with Gasteiger partial charge in [-0.05, 0) is 37.4 Å². The molecule has 19 heavy (non-hydrogen) atoms. The van der Waals surface area contributed by atoms with Crippen LogP contribution in [-0.4, -0.2) is 24.1 Å². The van der Waals surface area contributed by atoms with Crippen molar-refractivity contribution in [3.63, 3.8) is 0 Å². The summed E-state index contributed by atoms with van der Waals surface area (Å²) >= 11 is 0. The summed E-state index contributed by atoms with van der Waals surface area (Å²) in [5.74, 6) is 0.943. The van der Waals surface area contributed by atoms with Crippen molar-refractivity contribution in [2.24, 2.45) is 5.92 Å². The zero-order chi connectivity index (χ0) is 13.9. The van der Waals surface area contributed by atoms with Crippen LogP contribution in [0.15, 0.2) is 18.3 Å². The van der Waals surface area contributed by atoms with Gasteiger partial charge in [-0.15, -0.1) is 0 Å². The molecule has 1 saturated heterocycles. The van der Waals surface area contributed by atoms with E-state index >= 15 is 0 Å². The quantitative estimate of drug-likeness (QED) is 0.889. The van der Waals surface area contributed by atoms with E-state index < -0.39 is 11.7 Å². The lowest BCUT2D eigenvalue weighted by molar-refractivity contribution is -0.137. The van der Waals surface area contributed by atoms with E-state index in [1.165, 1.54) is 6.20 Å². The Bertz CT molecular complexity index is 412. The zero-order valence-electron chi connectivity index (χ0n) is 10.8. The van der Waals surface area contributed by atoms with Crippen molar-refractivity contribution in [2.75, 3.05) is 18.4 Å². The summed E-state index contributed by atoms with van der Waals surface area (Å²) in [5.41, 5.74) is -0.671. The van der Waals surface area contributed by atoms with Gasteiger partial charge >= 0.3 is 6.18 Å². The van der Waals surface area contributed by atoms with Crippen molar-refractivity contribution in [3.8, 4) is 0 Å². The normalized spacial score (nSPS) is 24.2. The third kappa shape index (κ3) is 4.09. The maximum absolute atomic E-state index is 12.5. The summed E-state index contributed by atoms with van der Waals surface area (Å²) in [4.78, 5) is 3.91. The Hall–Kier alpha value is -1.30. The molecule has 0 amide bonds. The molecule has 1 aromatic heterocycles. The van der Waals surface area contributed by atoms with E-state index in [9.17, 15) is 13.2 Å². The van der Waals surface area contributed by atoms with Crippen molar-refractivity contribution in [1.82, 2.24) is 10.3 Å². The van der Waals surface area contributed by atoms with Gasteiger partial charge in [-0.3, -0.25) is 0 Å². The zero-order valence-corrected chi connectivity index (χ0v) is 10.8. The average molecular weight is 273 g/mol. The first-order valence-electron chi connectivity index (χ1n) is 6.45. The molecule has 1 fully saturated rings. The topological polar surface area (TPSA) is 37.0 Å². The molecule has 2 N–H and O–H groups in total. The maximum atomic E-state index is 12.5. The fraction of sp³-hybridized carbons (Fsp3) is 0.615. The van der Waals surface area contributed by atoms with Gasteiger partial charge in [-0.1, -0.05) is 6.92 Å². The first kappa shape index (κ1) is 14.1. The average Bonchev–Trinajstić information content (AvgIpc) is 2.37. The van der Waals surface area contributed by atoms with E-state index in [0.29, 0.717) is 18.5 Å². The number of aromatic nitrogens is 1. The van der Waals surface area contributed by atoms with Gasteiger partial charge in [0.2, 0.25) is 0 Å². The number of halogens is 3. The number of piperidine rings is 1. The number of rotatable bonds is 3. The lowest BCUT2D eigenvalue weighted by Crippen LogP contribution is -2.42. The van der Waals surface area contributed by atoms with Gasteiger partial charge in [-0.2, -0.15) is 13.2 Å². The van der Waals surface area contributed by atoms with Crippen LogP contribution < -0.4 is 10.6 Å². The molecule has 1 aromatic rings. The number of pyridine rings is 1. The molecule has 2 rings (SSSR count). The Kier molecular flexibility index (Phi) is 4.29. The summed E-state index contributed by atoms with van der Waals surface area (Å²) in [6, 6.07) is 2.32. The van der Waals surface area contributed by atoms with Crippen LogP contribution in [0.4, 0.5) is 19.0 Å². The van der Waals surface area contributed by atoms with Crippen LogP contribution in [0.25, 0.3) is 0 Å². The monoisotopic (exact) mass is 273 g/mol. The van der Waals surface area contributed by atoms with Crippen LogP contribution in [0.5, 0.6) is 0 Å². The molecular weight excluding hydrogens is 255 g/mol. The molecule has 3 nitrogen and oxygen atoms in total. The Morgan fingerprint density at radius 2 is 2.21 bits per heavy atom. The molecule has 0 bridgehead atoms. The molecule has 2 heterocycles. The highest BCUT2D eigenvalue weighted by molar-refractivity contribution is 5.38. The van der Waals surface area contributed by atoms with Crippen molar-refractivity contribution < 1.29 is 13.2 Å². The molecule has 106 valence electrons. The van der Waals surface area contributed by atoms with Crippen LogP contribution in [-0.2, 0) is 6.18 Å². The molecule has 0 saturated carbocycles. The third-order valence-electron chi connectivity index (χ3n) is 3.38. The second kappa shape index (κ2) is 5.77. The Morgan fingerprint density at radius 1 is 1.42 bits per heavy atom. The smallest absolute Gasteiger partial charge is 0.368 e. The van der Waals surface area contributed by atoms with Gasteiger partial charge in [0.25, 0.3) is 0 Å². The molecular formula is C13H18F3N3. The molecule has 1 aliphatic rings. The van der Waals surface area contributed by atoms with Crippen LogP contribution in [0, 0.1) is 5.92 Å². The van der Waals surface area contributed by atoms with Crippen LogP contribution >= 0.6 is 0 Å². The summed E-state index contributed by atoms with van der Waals surface area (Å²) in [7, 11) is 0. The summed E-state index contributed by atoms with van der Waals surface area (Å²) in [6.45, 7) is 3.74. The van der Waals surface area contributed by atoms with Gasteiger partial charge in [0.15, 0.2) is 0 Å². The van der Waals surface area contributed by atoms with Crippen molar-refractivity contribution in [1.29, 1.82) is 0 Å². The van der Waals surface area contributed by atoms with Gasteiger partial charge in [0.05, 0.1) is 5.56 Å². The minimum absolute atomic E-state index is 0.273.